The first-order chi connectivity index (χ1) is 42.8. The maximum absolute atomic E-state index is 12.8. The van der Waals surface area contributed by atoms with Gasteiger partial charge in [-0.25, -0.2) is 9.59 Å². The highest BCUT2D eigenvalue weighted by atomic mass is 16.7. The van der Waals surface area contributed by atoms with Gasteiger partial charge in [0.2, 0.25) is 30.4 Å². The second-order valence-electron chi connectivity index (χ2n) is 20.3. The van der Waals surface area contributed by atoms with Gasteiger partial charge >= 0.3 is 23.9 Å². The molecule has 32 nitrogen and oxygen atoms in total. The maximum Gasteiger partial charge on any atom is 0.330 e. The number of phenols is 4. The van der Waals surface area contributed by atoms with Gasteiger partial charge in [-0.1, -0.05) is 6.07 Å². The number of carbonyl (C=O) groups is 4. The van der Waals surface area contributed by atoms with E-state index in [4.69, 9.17) is 71.4 Å². The molecule has 4 aromatic rings. The zero-order chi connectivity index (χ0) is 65.4. The van der Waals surface area contributed by atoms with Crippen LogP contribution in [0.3, 0.4) is 0 Å². The molecule has 14 N–H and O–H groups in total. The van der Waals surface area contributed by atoms with Gasteiger partial charge in [-0.15, -0.1) is 0 Å². The molecular weight excluding hydrogens is 1210 g/mol. The molecule has 8 rings (SSSR count). The summed E-state index contributed by atoms with van der Waals surface area (Å²) < 4.78 is 77.3. The van der Waals surface area contributed by atoms with Crippen LogP contribution in [-0.4, -0.2) is 236 Å². The van der Waals surface area contributed by atoms with Gasteiger partial charge in [0.15, 0.2) is 40.6 Å². The summed E-state index contributed by atoms with van der Waals surface area (Å²) in [6, 6.07) is 11.1. The summed E-state index contributed by atoms with van der Waals surface area (Å²) in [7, 11) is 5.20. The summed E-state index contributed by atoms with van der Waals surface area (Å²) in [5.41, 5.74) is 0.413. The van der Waals surface area contributed by atoms with Crippen molar-refractivity contribution in [2.45, 2.75) is 105 Å². The van der Waals surface area contributed by atoms with Crippen LogP contribution in [0.2, 0.25) is 0 Å². The van der Waals surface area contributed by atoms with Crippen molar-refractivity contribution in [2.24, 2.45) is 0 Å². The van der Waals surface area contributed by atoms with Gasteiger partial charge in [0.1, 0.15) is 122 Å². The number of phenolic OH excluding ortho intramolecular Hbond substituents is 4. The van der Waals surface area contributed by atoms with Crippen LogP contribution in [0.1, 0.15) is 34.8 Å². The van der Waals surface area contributed by atoms with Crippen LogP contribution in [0.5, 0.6) is 63.2 Å². The zero-order valence-electron chi connectivity index (χ0n) is 47.8. The number of rotatable bonds is 23. The standard InChI is InChI=1S/C58H64O32/c1-77-32-11-23(12-33(78-2)44(32)66)5-9-41(63)81-20-37-46(68)49(71)52(74)56(88-37)84-26-16-29(60)27-18-36(87-58-54(76)51(73)48(70)39(90-58)22-83-43(65)19-40(61)62)55(85-30(27)17-26)25-7-8-28(59)31(15-25)86-57-53(75)50(72)47(69)38(89-57)21-82-42(64)10-6-24-13-34(79-3)45(67)35(14-24)80-4/h5-18,37-39,46-60,66-76H,19-22H2,1-4H3,(H,61,62)/b9-5+,10-6+/t37-,38+,39+,46-,47-,48-,49-,50+,51-,52-,53-,54+,55?,56+,57+,58+/m0/s1. The van der Waals surface area contributed by atoms with E-state index in [0.717, 1.165) is 42.5 Å². The number of hydrogen-bond donors (Lipinski definition) is 14. The van der Waals surface area contributed by atoms with Crippen molar-refractivity contribution in [3.8, 4) is 63.2 Å². The van der Waals surface area contributed by atoms with Crippen LogP contribution in [-0.2, 0) is 52.3 Å². The Kier molecular flexibility index (Phi) is 21.7. The highest BCUT2D eigenvalue weighted by Crippen LogP contribution is 2.47. The SMILES string of the molecule is COc1cc(/C=C/C(=O)OC[C@@H]2O[C@@H](Oc3cc(O)c4c(c3)OC(c3ccc(O)c(O[C@@H]5O[C@H](COC(=O)/C=C/c6cc(OC)c(O)c(OC)c6)[C@H](O)[C@@H](O)[C@@H]5O)c3)C(O[C@@H]3O[C@H](COC(=O)CC(=O)O)[C@H](O)[C@H](O)[C@H]3O)=C4)[C@@H](O)[C@@H](O)[C@H]2O)cc(OC)c1O. The van der Waals surface area contributed by atoms with E-state index in [1.165, 1.54) is 70.9 Å². The highest BCUT2D eigenvalue weighted by Gasteiger charge is 2.49. The molecule has 4 aromatic carbocycles. The van der Waals surface area contributed by atoms with E-state index in [2.05, 4.69) is 0 Å². The fourth-order valence-electron chi connectivity index (χ4n) is 9.39. The number of fused-ring (bicyclic) bond motifs is 1. The topological polar surface area (TPSA) is 481 Å². The average molecular weight is 1270 g/mol. The Morgan fingerprint density at radius 1 is 0.489 bits per heavy atom. The van der Waals surface area contributed by atoms with Crippen LogP contribution in [0.4, 0.5) is 0 Å². The van der Waals surface area contributed by atoms with Crippen LogP contribution in [0, 0.1) is 0 Å². The number of esters is 3. The molecule has 3 fully saturated rings. The molecule has 0 saturated carbocycles. The molecule has 0 bridgehead atoms. The number of aliphatic hydroxyl groups is 9. The molecule has 0 aromatic heterocycles. The normalized spacial score (nSPS) is 28.1. The molecule has 16 atom stereocenters. The van der Waals surface area contributed by atoms with Crippen molar-refractivity contribution in [3.63, 3.8) is 0 Å². The van der Waals surface area contributed by atoms with Crippen molar-refractivity contribution < 1.29 is 157 Å². The molecule has 0 amide bonds. The van der Waals surface area contributed by atoms with Crippen molar-refractivity contribution in [1.29, 1.82) is 0 Å². The van der Waals surface area contributed by atoms with Crippen LogP contribution in [0.25, 0.3) is 18.2 Å². The number of carboxylic acids is 1. The Labute approximate surface area is 508 Å². The smallest absolute Gasteiger partial charge is 0.330 e. The van der Waals surface area contributed by atoms with Crippen molar-refractivity contribution in [1.82, 2.24) is 0 Å². The minimum absolute atomic E-state index is 0.0294. The minimum Gasteiger partial charge on any atom is -0.507 e. The first kappa shape index (κ1) is 67.0. The lowest BCUT2D eigenvalue weighted by Gasteiger charge is -2.41. The van der Waals surface area contributed by atoms with Gasteiger partial charge in [0, 0.05) is 29.8 Å². The highest BCUT2D eigenvalue weighted by molar-refractivity contribution is 5.90. The number of aliphatic carboxylic acids is 1. The van der Waals surface area contributed by atoms with E-state index in [1.54, 1.807) is 0 Å². The Morgan fingerprint density at radius 3 is 1.37 bits per heavy atom. The zero-order valence-corrected chi connectivity index (χ0v) is 47.8. The number of aliphatic hydroxyl groups excluding tert-OH is 9. The summed E-state index contributed by atoms with van der Waals surface area (Å²) in [6.07, 6.45) is -25.5. The van der Waals surface area contributed by atoms with Gasteiger partial charge in [-0.3, -0.25) is 9.59 Å². The fraction of sp³-hybridized carbons (Fsp3) is 0.414. The predicted molar refractivity (Wildman–Crippen MR) is 296 cm³/mol. The quantitative estimate of drug-likeness (QED) is 0.0178. The molecule has 3 saturated heterocycles. The summed E-state index contributed by atoms with van der Waals surface area (Å²) >= 11 is 0. The first-order valence-electron chi connectivity index (χ1n) is 27.0. The lowest BCUT2D eigenvalue weighted by Crippen LogP contribution is -2.60. The molecule has 90 heavy (non-hydrogen) atoms. The summed E-state index contributed by atoms with van der Waals surface area (Å²) in [4.78, 5) is 48.9. The Balaban J connectivity index is 1.03. The van der Waals surface area contributed by atoms with E-state index in [0.29, 0.717) is 11.1 Å². The lowest BCUT2D eigenvalue weighted by atomic mass is 9.98. The molecule has 4 heterocycles. The summed E-state index contributed by atoms with van der Waals surface area (Å²) in [6.45, 7) is -2.32. The monoisotopic (exact) mass is 1270 g/mol. The number of aromatic hydroxyl groups is 4. The number of carbonyl (C=O) groups excluding carboxylic acids is 3. The van der Waals surface area contributed by atoms with E-state index in [9.17, 15) is 85.6 Å². The largest absolute Gasteiger partial charge is 0.507 e. The number of ether oxygens (including phenoxy) is 14. The third kappa shape index (κ3) is 15.4. The lowest BCUT2D eigenvalue weighted by molar-refractivity contribution is -0.294. The summed E-state index contributed by atoms with van der Waals surface area (Å²) in [5, 5.41) is 151. The van der Waals surface area contributed by atoms with Crippen LogP contribution in [0.15, 0.2) is 72.5 Å². The molecule has 488 valence electrons. The molecule has 4 aliphatic rings. The second kappa shape index (κ2) is 29.2. The molecular formula is C58H64O32. The van der Waals surface area contributed by atoms with Gasteiger partial charge < -0.3 is 138 Å². The third-order valence-corrected chi connectivity index (χ3v) is 14.2. The van der Waals surface area contributed by atoms with E-state index >= 15 is 0 Å². The number of methoxy groups -OCH3 is 4. The predicted octanol–water partition coefficient (Wildman–Crippen LogP) is -1.25. The van der Waals surface area contributed by atoms with Crippen molar-refractivity contribution in [2.75, 3.05) is 48.3 Å². The van der Waals surface area contributed by atoms with Crippen LogP contribution >= 0.6 is 0 Å². The third-order valence-electron chi connectivity index (χ3n) is 14.2. The molecule has 4 aliphatic heterocycles. The molecule has 0 radical (unpaired) electrons. The molecule has 0 spiro atoms. The van der Waals surface area contributed by atoms with E-state index in [1.807, 2.05) is 0 Å². The van der Waals surface area contributed by atoms with E-state index in [-0.39, 0.29) is 57.1 Å². The van der Waals surface area contributed by atoms with Gasteiger partial charge in [0.25, 0.3) is 0 Å². The van der Waals surface area contributed by atoms with Crippen molar-refractivity contribution in [3.05, 3.63) is 94.8 Å². The van der Waals surface area contributed by atoms with Gasteiger partial charge in [0.05, 0.1) is 34.0 Å². The molecule has 1 unspecified atom stereocenters. The maximum atomic E-state index is 12.8. The number of benzene rings is 4. The van der Waals surface area contributed by atoms with Crippen LogP contribution < -0.4 is 33.2 Å². The molecule has 0 aliphatic carbocycles. The number of carboxylic acid groups (broad SMARTS) is 1. The summed E-state index contributed by atoms with van der Waals surface area (Å²) in [5.74, 6) is -8.05. The Morgan fingerprint density at radius 2 is 0.922 bits per heavy atom. The number of hydrogen-bond acceptors (Lipinski definition) is 31. The second-order valence-corrected chi connectivity index (χ2v) is 20.3. The van der Waals surface area contributed by atoms with Gasteiger partial charge in [-0.05, 0) is 65.8 Å². The van der Waals surface area contributed by atoms with Crippen molar-refractivity contribution >= 4 is 42.1 Å². The minimum atomic E-state index is -2.10. The average Bonchev–Trinajstić information content (AvgIpc) is 0.855. The van der Waals surface area contributed by atoms with E-state index < -0.39 is 171 Å². The fourth-order valence-corrected chi connectivity index (χ4v) is 9.39. The Hall–Kier alpha value is -8.90. The molecule has 32 heteroatoms. The Bertz CT molecular complexity index is 3280. The van der Waals surface area contributed by atoms with Gasteiger partial charge in [-0.2, -0.15) is 0 Å². The first-order valence-corrected chi connectivity index (χ1v) is 27.0.